The highest BCUT2D eigenvalue weighted by Gasteiger charge is 2.29. The zero-order chi connectivity index (χ0) is 46.8. The van der Waals surface area contributed by atoms with Crippen LogP contribution in [0.2, 0.25) is 5.02 Å². The third-order valence-electron chi connectivity index (χ3n) is 12.1. The van der Waals surface area contributed by atoms with Gasteiger partial charge in [-0.3, -0.25) is 24.5 Å². The number of carbonyl (C=O) groups excluding carboxylic acids is 1. The number of amides is 1. The number of piperidine rings is 1. The fourth-order valence-corrected chi connectivity index (χ4v) is 10.2. The van der Waals surface area contributed by atoms with Crippen LogP contribution in [0.25, 0.3) is 5.57 Å². The Morgan fingerprint density at radius 2 is 1.55 bits per heavy atom. The third-order valence-corrected chi connectivity index (χ3v) is 14.1. The summed E-state index contributed by atoms with van der Waals surface area (Å²) in [7, 11) is 0. The average molecular weight is 943 g/mol. The number of nitrogens with zero attached hydrogens (tertiary/aromatic N) is 4. The number of nitrogens with one attached hydrogen (secondary N) is 3. The molecule has 65 heavy (non-hydrogen) atoms. The van der Waals surface area contributed by atoms with Crippen LogP contribution in [0.3, 0.4) is 0 Å². The molecule has 4 aromatic carbocycles. The van der Waals surface area contributed by atoms with Crippen LogP contribution in [0.1, 0.15) is 96.5 Å². The van der Waals surface area contributed by atoms with Crippen LogP contribution in [0, 0.1) is 15.5 Å². The fraction of sp³-hybridized carbons (Fsp3) is 0.481. The Hall–Kier alpha value is -4.04. The second-order valence-electron chi connectivity index (χ2n) is 17.8. The minimum absolute atomic E-state index is 0.0234. The number of likely N-dealkylation sites (tertiary alicyclic amines) is 1. The molecule has 2 aliphatic heterocycles. The van der Waals surface area contributed by atoms with Gasteiger partial charge in [-0.05, 0) is 141 Å². The van der Waals surface area contributed by atoms with Crippen molar-refractivity contribution in [3.05, 3.63) is 129 Å². The molecule has 1 aliphatic carbocycles. The van der Waals surface area contributed by atoms with Crippen molar-refractivity contribution in [3.8, 4) is 0 Å². The number of rotatable bonds is 16. The summed E-state index contributed by atoms with van der Waals surface area (Å²) in [4.78, 5) is 33.6. The first-order chi connectivity index (χ1) is 31.4. The molecule has 0 aromatic heterocycles. The van der Waals surface area contributed by atoms with Gasteiger partial charge in [-0.1, -0.05) is 96.0 Å². The van der Waals surface area contributed by atoms with Crippen LogP contribution < -0.4 is 20.3 Å². The Morgan fingerprint density at radius 3 is 2.18 bits per heavy atom. The number of nitro groups is 1. The van der Waals surface area contributed by atoms with Crippen LogP contribution in [0.5, 0.6) is 0 Å². The molecule has 0 unspecified atom stereocenters. The van der Waals surface area contributed by atoms with Crippen LogP contribution in [-0.2, 0) is 0 Å². The quantitative estimate of drug-likeness (QED) is 0.0331. The van der Waals surface area contributed by atoms with Gasteiger partial charge in [-0.15, -0.1) is 11.8 Å². The van der Waals surface area contributed by atoms with Crippen LogP contribution in [-0.4, -0.2) is 97.4 Å². The second kappa shape index (κ2) is 26.3. The fourth-order valence-electron chi connectivity index (χ4n) is 8.62. The van der Waals surface area contributed by atoms with Gasteiger partial charge in [0.2, 0.25) is 0 Å². The van der Waals surface area contributed by atoms with Gasteiger partial charge in [0, 0.05) is 89.2 Å². The molecule has 0 atom stereocenters. The summed E-state index contributed by atoms with van der Waals surface area (Å²) in [5.41, 5.74) is 6.70. The first-order valence-corrected chi connectivity index (χ1v) is 25.7. The molecule has 1 amide bonds. The Kier molecular flexibility index (Phi) is 21.0. The predicted octanol–water partition coefficient (Wildman–Crippen LogP) is 12.2. The van der Waals surface area contributed by atoms with Crippen molar-refractivity contribution in [2.75, 3.05) is 74.9 Å². The second-order valence-corrected chi connectivity index (χ2v) is 20.3. The van der Waals surface area contributed by atoms with Crippen molar-refractivity contribution in [2.24, 2.45) is 5.41 Å². The number of allylic oxidation sites excluding steroid dienone is 1. The predicted molar refractivity (Wildman–Crippen MR) is 278 cm³/mol. The Balaban J connectivity index is 0.000000488. The number of carbonyl (C=O) groups is 1. The summed E-state index contributed by atoms with van der Waals surface area (Å²) < 4.78 is 2.84. The van der Waals surface area contributed by atoms with Gasteiger partial charge < -0.3 is 20.4 Å². The summed E-state index contributed by atoms with van der Waals surface area (Å²) in [5.74, 6) is 0.520. The summed E-state index contributed by atoms with van der Waals surface area (Å²) >= 11 is 8.95. The van der Waals surface area contributed by atoms with Gasteiger partial charge in [0.25, 0.3) is 11.6 Å². The van der Waals surface area contributed by atoms with Crippen molar-refractivity contribution in [1.29, 1.82) is 0 Å². The summed E-state index contributed by atoms with van der Waals surface area (Å²) in [5, 5.41) is 19.4. The van der Waals surface area contributed by atoms with Gasteiger partial charge in [0.05, 0.1) is 4.92 Å². The van der Waals surface area contributed by atoms with E-state index in [1.54, 1.807) is 29.5 Å². The zero-order valence-electron chi connectivity index (χ0n) is 39.7. The molecule has 2 saturated heterocycles. The van der Waals surface area contributed by atoms with Gasteiger partial charge in [0.1, 0.15) is 5.69 Å². The first-order valence-electron chi connectivity index (χ1n) is 23.6. The Morgan fingerprint density at radius 1 is 0.877 bits per heavy atom. The third kappa shape index (κ3) is 16.7. The van der Waals surface area contributed by atoms with Crippen LogP contribution in [0.4, 0.5) is 17.1 Å². The van der Waals surface area contributed by atoms with E-state index in [1.165, 1.54) is 56.1 Å². The lowest BCUT2D eigenvalue weighted by atomic mass is 9.73. The number of thioether (sulfide) groups is 1. The molecular formula is C52H72ClN7O3S2. The van der Waals surface area contributed by atoms with Crippen molar-refractivity contribution in [2.45, 2.75) is 102 Å². The lowest BCUT2D eigenvalue weighted by Crippen LogP contribution is -2.47. The summed E-state index contributed by atoms with van der Waals surface area (Å²) in [6.07, 6.45) is 6.05. The number of nitro benzene ring substituents is 1. The Bertz CT molecular complexity index is 2100. The van der Waals surface area contributed by atoms with Crippen molar-refractivity contribution < 1.29 is 9.72 Å². The molecule has 0 spiro atoms. The molecule has 3 aliphatic rings. The molecule has 10 nitrogen and oxygen atoms in total. The highest BCUT2D eigenvalue weighted by atomic mass is 35.5. The molecule has 2 heterocycles. The lowest BCUT2D eigenvalue weighted by Gasteiger charge is -2.39. The average Bonchev–Trinajstić information content (AvgIpc) is 3.31. The molecule has 7 rings (SSSR count). The van der Waals surface area contributed by atoms with E-state index in [0.29, 0.717) is 34.1 Å². The highest BCUT2D eigenvalue weighted by molar-refractivity contribution is 7.99. The molecule has 4 aromatic rings. The van der Waals surface area contributed by atoms with E-state index in [1.807, 2.05) is 80.6 Å². The zero-order valence-corrected chi connectivity index (χ0v) is 42.1. The van der Waals surface area contributed by atoms with Crippen molar-refractivity contribution in [3.63, 3.8) is 0 Å². The standard InChI is InChI=1S/C40H44ClN5O3S2.C10H22N2.C2H6/c1-40(2)19-18-36(29-8-12-32(41)13-9-29)31(27-40)28-44-21-23-45(24-22-44)33-14-10-30(11-15-33)39(47)43-51-35-16-17-37(38(26-35)46(48)49)42-20-25-50-34-6-4-3-5-7-34;1-4-12-7-5-10(6-8-12)11-9(2)3;1-2/h3-17,26,42H,18-25,27-28H2,1-2H3,(H,43,47);9-11H,4-8H2,1-3H3;1-2H3. The normalized spacial score (nSPS) is 16.8. The molecular weight excluding hydrogens is 870 g/mol. The molecule has 0 saturated carbocycles. The molecule has 2 fully saturated rings. The van der Waals surface area contributed by atoms with E-state index in [-0.39, 0.29) is 11.6 Å². The van der Waals surface area contributed by atoms with Gasteiger partial charge in [-0.25, -0.2) is 0 Å². The van der Waals surface area contributed by atoms with E-state index in [2.05, 4.69) is 76.8 Å². The number of halogens is 1. The highest BCUT2D eigenvalue weighted by Crippen LogP contribution is 2.43. The molecule has 0 radical (unpaired) electrons. The van der Waals surface area contributed by atoms with E-state index in [0.717, 1.165) is 84.9 Å². The maximum absolute atomic E-state index is 13.0. The van der Waals surface area contributed by atoms with E-state index < -0.39 is 4.92 Å². The minimum atomic E-state index is -0.399. The number of hydrogen-bond donors (Lipinski definition) is 3. The smallest absolute Gasteiger partial charge is 0.293 e. The number of piperazine rings is 1. The summed E-state index contributed by atoms with van der Waals surface area (Å²) in [6.45, 7) is 24.6. The molecule has 3 N–H and O–H groups in total. The maximum atomic E-state index is 13.0. The summed E-state index contributed by atoms with van der Waals surface area (Å²) in [6, 6.07) is 32.4. The Labute approximate surface area is 403 Å². The number of benzene rings is 4. The maximum Gasteiger partial charge on any atom is 0.293 e. The topological polar surface area (TPSA) is 106 Å². The van der Waals surface area contributed by atoms with E-state index in [9.17, 15) is 14.9 Å². The number of hydrogen-bond acceptors (Lipinski definition) is 10. The number of anilines is 2. The largest absolute Gasteiger partial charge is 0.379 e. The van der Waals surface area contributed by atoms with Crippen molar-refractivity contribution >= 4 is 63.9 Å². The van der Waals surface area contributed by atoms with Crippen LogP contribution in [0.15, 0.2) is 112 Å². The molecule has 0 bridgehead atoms. The van der Waals surface area contributed by atoms with E-state index in [4.69, 9.17) is 11.6 Å². The molecule has 352 valence electrons. The van der Waals surface area contributed by atoms with Gasteiger partial charge in [-0.2, -0.15) is 0 Å². The van der Waals surface area contributed by atoms with E-state index >= 15 is 0 Å². The monoisotopic (exact) mass is 941 g/mol. The van der Waals surface area contributed by atoms with Gasteiger partial charge in [0.15, 0.2) is 0 Å². The molecule has 13 heteroatoms. The minimum Gasteiger partial charge on any atom is -0.379 e. The lowest BCUT2D eigenvalue weighted by molar-refractivity contribution is -0.384. The van der Waals surface area contributed by atoms with Crippen molar-refractivity contribution in [1.82, 2.24) is 19.8 Å². The SMILES string of the molecule is CC.CC1(C)CCC(c2ccc(Cl)cc2)=C(CN2CCN(c3ccc(C(=O)NSc4ccc(NCCSc5ccccc5)c([N+](=O)[O-])c4)cc3)CC2)C1.CCN1CCC(NC(C)C)CC1. The first kappa shape index (κ1) is 51.9. The van der Waals surface area contributed by atoms with Crippen LogP contribution >= 0.6 is 35.3 Å². The van der Waals surface area contributed by atoms with Gasteiger partial charge >= 0.3 is 0 Å².